The second kappa shape index (κ2) is 6.92. The molecule has 1 saturated heterocycles. The highest BCUT2D eigenvalue weighted by molar-refractivity contribution is 5.89. The number of allylic oxidation sites excluding steroid dienone is 2. The van der Waals surface area contributed by atoms with Gasteiger partial charge in [-0.15, -0.1) is 0 Å². The predicted molar refractivity (Wildman–Crippen MR) is 107 cm³/mol. The molecule has 0 aromatic heterocycles. The van der Waals surface area contributed by atoms with Crippen LogP contribution < -0.4 is 0 Å². The maximum absolute atomic E-state index is 2.61. The molecule has 25 heavy (non-hydrogen) atoms. The van der Waals surface area contributed by atoms with Crippen LogP contribution in [-0.4, -0.2) is 18.0 Å². The van der Waals surface area contributed by atoms with Crippen LogP contribution in [0.25, 0.3) is 11.6 Å². The first kappa shape index (κ1) is 16.2. The van der Waals surface area contributed by atoms with E-state index in [1.54, 1.807) is 0 Å². The van der Waals surface area contributed by atoms with Crippen molar-refractivity contribution in [2.75, 3.05) is 13.1 Å². The van der Waals surface area contributed by atoms with E-state index in [4.69, 9.17) is 0 Å². The molecular weight excluding hydrogens is 302 g/mol. The lowest BCUT2D eigenvalue weighted by molar-refractivity contribution is 0.297. The number of likely N-dealkylation sites (tertiary alicyclic amines) is 1. The van der Waals surface area contributed by atoms with Crippen LogP contribution in [0.2, 0.25) is 0 Å². The molecule has 4 rings (SSSR count). The van der Waals surface area contributed by atoms with Gasteiger partial charge in [-0.25, -0.2) is 0 Å². The summed E-state index contributed by atoms with van der Waals surface area (Å²) in [6.07, 6.45) is 9.89. The lowest BCUT2D eigenvalue weighted by Crippen LogP contribution is -2.29. The van der Waals surface area contributed by atoms with Crippen LogP contribution in [0.3, 0.4) is 0 Å². The van der Waals surface area contributed by atoms with E-state index in [9.17, 15) is 0 Å². The third-order valence-corrected chi connectivity index (χ3v) is 5.61. The standard InChI is InChI=1S/C24H27N/c1-18-11-12-19(2)24-21(18)13-14-22(24)23(25-15-7-4-8-16-25)17-20-9-5-3-6-10-20/h3,5-6,9-12,14,17H,4,7-8,13,15-16H2,1-2H3/b23-17+. The summed E-state index contributed by atoms with van der Waals surface area (Å²) in [5.74, 6) is 0. The Morgan fingerprint density at radius 2 is 1.60 bits per heavy atom. The Labute approximate surface area is 151 Å². The maximum Gasteiger partial charge on any atom is 0.0448 e. The number of hydrogen-bond donors (Lipinski definition) is 0. The normalized spacial score (nSPS) is 17.4. The van der Waals surface area contributed by atoms with Gasteiger partial charge in [-0.1, -0.05) is 48.5 Å². The Morgan fingerprint density at radius 3 is 2.36 bits per heavy atom. The summed E-state index contributed by atoms with van der Waals surface area (Å²) in [5, 5.41) is 0. The summed E-state index contributed by atoms with van der Waals surface area (Å²) in [6.45, 7) is 6.86. The highest BCUT2D eigenvalue weighted by Gasteiger charge is 2.25. The van der Waals surface area contributed by atoms with Gasteiger partial charge in [0.2, 0.25) is 0 Å². The molecule has 0 saturated carbocycles. The monoisotopic (exact) mass is 329 g/mol. The summed E-state index contributed by atoms with van der Waals surface area (Å²) >= 11 is 0. The van der Waals surface area contributed by atoms with Gasteiger partial charge < -0.3 is 4.90 Å². The maximum atomic E-state index is 2.61. The molecule has 1 fully saturated rings. The van der Waals surface area contributed by atoms with E-state index in [-0.39, 0.29) is 0 Å². The molecule has 0 N–H and O–H groups in total. The van der Waals surface area contributed by atoms with E-state index in [2.05, 4.69) is 73.4 Å². The number of fused-ring (bicyclic) bond motifs is 1. The van der Waals surface area contributed by atoms with Crippen molar-refractivity contribution >= 4 is 11.6 Å². The summed E-state index contributed by atoms with van der Waals surface area (Å²) < 4.78 is 0. The molecule has 1 aliphatic heterocycles. The Bertz CT molecular complexity index is 821. The van der Waals surface area contributed by atoms with Crippen molar-refractivity contribution in [3.8, 4) is 0 Å². The highest BCUT2D eigenvalue weighted by Crippen LogP contribution is 2.39. The van der Waals surface area contributed by atoms with Crippen molar-refractivity contribution in [3.05, 3.63) is 82.1 Å². The Hall–Kier alpha value is -2.28. The van der Waals surface area contributed by atoms with Crippen molar-refractivity contribution in [1.29, 1.82) is 0 Å². The lowest BCUT2D eigenvalue weighted by atomic mass is 9.93. The van der Waals surface area contributed by atoms with Crippen molar-refractivity contribution in [2.24, 2.45) is 0 Å². The van der Waals surface area contributed by atoms with Gasteiger partial charge in [-0.2, -0.15) is 0 Å². The quantitative estimate of drug-likeness (QED) is 0.691. The van der Waals surface area contributed by atoms with Crippen LogP contribution in [0.5, 0.6) is 0 Å². The van der Waals surface area contributed by atoms with E-state index in [1.807, 2.05) is 0 Å². The zero-order chi connectivity index (χ0) is 17.2. The van der Waals surface area contributed by atoms with Gasteiger partial charge in [0.05, 0.1) is 0 Å². The predicted octanol–water partition coefficient (Wildman–Crippen LogP) is 5.77. The van der Waals surface area contributed by atoms with E-state index in [0.717, 1.165) is 6.42 Å². The van der Waals surface area contributed by atoms with Crippen LogP contribution in [0.15, 0.2) is 54.2 Å². The van der Waals surface area contributed by atoms with E-state index in [0.29, 0.717) is 0 Å². The van der Waals surface area contributed by atoms with Gasteiger partial charge in [-0.05, 0) is 73.4 Å². The summed E-state index contributed by atoms with van der Waals surface area (Å²) in [6, 6.07) is 15.3. The van der Waals surface area contributed by atoms with E-state index >= 15 is 0 Å². The van der Waals surface area contributed by atoms with Gasteiger partial charge >= 0.3 is 0 Å². The molecule has 0 atom stereocenters. The number of rotatable bonds is 3. The molecule has 1 heteroatoms. The Kier molecular flexibility index (Phi) is 4.48. The van der Waals surface area contributed by atoms with E-state index < -0.39 is 0 Å². The fraction of sp³-hybridized carbons (Fsp3) is 0.333. The van der Waals surface area contributed by atoms with Gasteiger partial charge in [0, 0.05) is 24.4 Å². The number of hydrogen-bond acceptors (Lipinski definition) is 1. The summed E-state index contributed by atoms with van der Waals surface area (Å²) in [5.41, 5.74) is 9.98. The molecule has 0 unspecified atom stereocenters. The van der Waals surface area contributed by atoms with Crippen LogP contribution in [0.1, 0.15) is 47.1 Å². The zero-order valence-corrected chi connectivity index (χ0v) is 15.4. The van der Waals surface area contributed by atoms with Crippen molar-refractivity contribution in [1.82, 2.24) is 4.90 Å². The second-order valence-corrected chi connectivity index (χ2v) is 7.36. The first-order chi connectivity index (χ1) is 12.2. The highest BCUT2D eigenvalue weighted by atomic mass is 15.1. The molecule has 1 heterocycles. The van der Waals surface area contributed by atoms with Gasteiger partial charge in [-0.3, -0.25) is 0 Å². The fourth-order valence-electron chi connectivity index (χ4n) is 4.23. The minimum absolute atomic E-state index is 1.07. The molecule has 2 aromatic rings. The number of benzene rings is 2. The first-order valence-electron chi connectivity index (χ1n) is 9.56. The van der Waals surface area contributed by atoms with E-state index in [1.165, 1.54) is 71.4 Å². The molecule has 0 spiro atoms. The molecule has 0 amide bonds. The average Bonchev–Trinajstić information content (AvgIpc) is 3.11. The van der Waals surface area contributed by atoms with Gasteiger partial charge in [0.25, 0.3) is 0 Å². The summed E-state index contributed by atoms with van der Waals surface area (Å²) in [7, 11) is 0. The van der Waals surface area contributed by atoms with Gasteiger partial charge in [0.1, 0.15) is 0 Å². The lowest BCUT2D eigenvalue weighted by Gasteiger charge is -2.32. The third kappa shape index (κ3) is 3.16. The Balaban J connectivity index is 1.81. The summed E-state index contributed by atoms with van der Waals surface area (Å²) in [4.78, 5) is 2.61. The molecule has 0 radical (unpaired) electrons. The molecule has 128 valence electrons. The smallest absolute Gasteiger partial charge is 0.0448 e. The third-order valence-electron chi connectivity index (χ3n) is 5.61. The number of piperidine rings is 1. The SMILES string of the molecule is Cc1ccc(C)c2c1CC=C2/C(=C\c1ccccc1)N1CCCCC1. The molecule has 2 aliphatic rings. The second-order valence-electron chi connectivity index (χ2n) is 7.36. The molecule has 2 aromatic carbocycles. The first-order valence-corrected chi connectivity index (χ1v) is 9.56. The fourth-order valence-corrected chi connectivity index (χ4v) is 4.23. The Morgan fingerprint density at radius 1 is 0.880 bits per heavy atom. The van der Waals surface area contributed by atoms with Gasteiger partial charge in [0.15, 0.2) is 0 Å². The topological polar surface area (TPSA) is 3.24 Å². The average molecular weight is 329 g/mol. The zero-order valence-electron chi connectivity index (χ0n) is 15.4. The minimum Gasteiger partial charge on any atom is -0.371 e. The molecule has 1 aliphatic carbocycles. The minimum atomic E-state index is 1.07. The largest absolute Gasteiger partial charge is 0.371 e. The van der Waals surface area contributed by atoms with Crippen molar-refractivity contribution < 1.29 is 0 Å². The van der Waals surface area contributed by atoms with Crippen LogP contribution in [-0.2, 0) is 6.42 Å². The number of nitrogens with zero attached hydrogens (tertiary/aromatic N) is 1. The molecule has 0 bridgehead atoms. The molecular formula is C24H27N. The van der Waals surface area contributed by atoms with Crippen LogP contribution in [0, 0.1) is 13.8 Å². The van der Waals surface area contributed by atoms with Crippen molar-refractivity contribution in [3.63, 3.8) is 0 Å². The number of aryl methyl sites for hydroxylation is 2. The molecule has 1 nitrogen and oxygen atoms in total. The van der Waals surface area contributed by atoms with Crippen molar-refractivity contribution in [2.45, 2.75) is 39.5 Å². The van der Waals surface area contributed by atoms with Crippen LogP contribution in [0.4, 0.5) is 0 Å². The van der Waals surface area contributed by atoms with Crippen LogP contribution >= 0.6 is 0 Å².